The Morgan fingerprint density at radius 1 is 1.30 bits per heavy atom. The smallest absolute Gasteiger partial charge is 0.224 e. The van der Waals surface area contributed by atoms with Crippen LogP contribution in [0, 0.1) is 5.92 Å². The molecule has 0 aliphatic carbocycles. The molecule has 2 N–H and O–H groups in total. The van der Waals surface area contributed by atoms with Crippen LogP contribution in [0.4, 0.5) is 5.69 Å². The van der Waals surface area contributed by atoms with E-state index in [1.165, 1.54) is 5.69 Å². The largest absolute Gasteiger partial charge is 0.372 e. The van der Waals surface area contributed by atoms with E-state index in [4.69, 9.17) is 0 Å². The highest BCUT2D eigenvalue weighted by atomic mass is 16.1. The van der Waals surface area contributed by atoms with Crippen molar-refractivity contribution in [3.63, 3.8) is 0 Å². The summed E-state index contributed by atoms with van der Waals surface area (Å²) < 4.78 is 0. The fourth-order valence-corrected chi connectivity index (χ4v) is 2.16. The van der Waals surface area contributed by atoms with E-state index in [0.717, 1.165) is 32.6 Å². The van der Waals surface area contributed by atoms with Crippen LogP contribution in [0.1, 0.15) is 20.3 Å². The molecule has 0 spiro atoms. The van der Waals surface area contributed by atoms with Gasteiger partial charge in [-0.25, -0.2) is 0 Å². The molecule has 1 unspecified atom stereocenters. The summed E-state index contributed by atoms with van der Waals surface area (Å²) in [6.45, 7) is 7.48. The van der Waals surface area contributed by atoms with Gasteiger partial charge in [0, 0.05) is 37.8 Å². The van der Waals surface area contributed by atoms with Crippen LogP contribution in [0.2, 0.25) is 0 Å². The Morgan fingerprint density at radius 2 is 2.00 bits per heavy atom. The van der Waals surface area contributed by atoms with Gasteiger partial charge in [0.2, 0.25) is 5.91 Å². The number of nitrogens with one attached hydrogen (secondary N) is 2. The number of para-hydroxylation sites is 1. The normalized spacial score (nSPS) is 11.9. The van der Waals surface area contributed by atoms with Crippen molar-refractivity contribution in [2.24, 2.45) is 5.92 Å². The first-order chi connectivity index (χ1) is 9.69. The van der Waals surface area contributed by atoms with Crippen molar-refractivity contribution in [3.8, 4) is 0 Å². The molecule has 0 heterocycles. The Morgan fingerprint density at radius 3 is 2.60 bits per heavy atom. The molecule has 112 valence electrons. The predicted octanol–water partition coefficient (Wildman–Crippen LogP) is 1.87. The molecule has 0 fully saturated rings. The third-order valence-corrected chi connectivity index (χ3v) is 3.36. The third kappa shape index (κ3) is 5.61. The monoisotopic (exact) mass is 277 g/mol. The lowest BCUT2D eigenvalue weighted by molar-refractivity contribution is -0.124. The maximum atomic E-state index is 11.8. The van der Waals surface area contributed by atoms with Gasteiger partial charge in [-0.1, -0.05) is 25.1 Å². The van der Waals surface area contributed by atoms with Crippen LogP contribution in [-0.4, -0.2) is 39.1 Å². The van der Waals surface area contributed by atoms with Gasteiger partial charge in [0.1, 0.15) is 0 Å². The first-order valence-corrected chi connectivity index (χ1v) is 7.41. The second-order valence-corrected chi connectivity index (χ2v) is 5.02. The van der Waals surface area contributed by atoms with Crippen LogP contribution < -0.4 is 15.5 Å². The van der Waals surface area contributed by atoms with Gasteiger partial charge in [0.05, 0.1) is 0 Å². The average molecular weight is 277 g/mol. The lowest BCUT2D eigenvalue weighted by atomic mass is 10.1. The lowest BCUT2D eigenvalue weighted by Crippen LogP contribution is -2.36. The summed E-state index contributed by atoms with van der Waals surface area (Å²) in [5.74, 6) is 0.151. The molecular weight excluding hydrogens is 250 g/mol. The zero-order chi connectivity index (χ0) is 14.8. The maximum Gasteiger partial charge on any atom is 0.224 e. The van der Waals surface area contributed by atoms with E-state index in [1.54, 1.807) is 0 Å². The van der Waals surface area contributed by atoms with Gasteiger partial charge >= 0.3 is 0 Å². The van der Waals surface area contributed by atoms with Crippen LogP contribution in [-0.2, 0) is 4.79 Å². The fraction of sp³-hybridized carbons (Fsp3) is 0.562. The van der Waals surface area contributed by atoms with Gasteiger partial charge in [0.15, 0.2) is 0 Å². The fourth-order valence-electron chi connectivity index (χ4n) is 2.16. The number of carbonyl (C=O) groups excluding carboxylic acids is 1. The Hall–Kier alpha value is -1.55. The predicted molar refractivity (Wildman–Crippen MR) is 85.0 cm³/mol. The van der Waals surface area contributed by atoms with Gasteiger partial charge in [-0.05, 0) is 32.5 Å². The summed E-state index contributed by atoms with van der Waals surface area (Å²) in [7, 11) is 1.86. The van der Waals surface area contributed by atoms with Gasteiger partial charge < -0.3 is 15.5 Å². The highest BCUT2D eigenvalue weighted by molar-refractivity contribution is 5.78. The van der Waals surface area contributed by atoms with E-state index < -0.39 is 0 Å². The van der Waals surface area contributed by atoms with E-state index >= 15 is 0 Å². The Bertz CT molecular complexity index is 381. The quantitative estimate of drug-likeness (QED) is 0.677. The summed E-state index contributed by atoms with van der Waals surface area (Å²) in [6, 6.07) is 10.4. The number of benzene rings is 1. The van der Waals surface area contributed by atoms with Crippen molar-refractivity contribution in [2.45, 2.75) is 20.3 Å². The minimum Gasteiger partial charge on any atom is -0.372 e. The number of amides is 1. The number of anilines is 1. The molecule has 4 heteroatoms. The first kappa shape index (κ1) is 16.5. The molecule has 0 aliphatic rings. The van der Waals surface area contributed by atoms with Crippen LogP contribution in [0.3, 0.4) is 0 Å². The SMILES string of the molecule is CCN(CCCNC(=O)C(C)CNC)c1ccccc1. The second kappa shape index (κ2) is 9.37. The van der Waals surface area contributed by atoms with E-state index in [-0.39, 0.29) is 11.8 Å². The molecule has 0 saturated heterocycles. The minimum absolute atomic E-state index is 0.0244. The molecule has 1 aromatic carbocycles. The van der Waals surface area contributed by atoms with E-state index in [0.29, 0.717) is 0 Å². The summed E-state index contributed by atoms with van der Waals surface area (Å²) in [5.41, 5.74) is 1.24. The Kier molecular flexibility index (Phi) is 7.73. The number of hydrogen-bond acceptors (Lipinski definition) is 3. The standard InChI is InChI=1S/C16H27N3O/c1-4-19(15-9-6-5-7-10-15)12-8-11-18-16(20)14(2)13-17-3/h5-7,9-10,14,17H,4,8,11-13H2,1-3H3,(H,18,20). The van der Waals surface area contributed by atoms with Crippen molar-refractivity contribution in [1.29, 1.82) is 0 Å². The van der Waals surface area contributed by atoms with Crippen molar-refractivity contribution in [1.82, 2.24) is 10.6 Å². The van der Waals surface area contributed by atoms with Crippen molar-refractivity contribution in [3.05, 3.63) is 30.3 Å². The van der Waals surface area contributed by atoms with Gasteiger partial charge in [-0.15, -0.1) is 0 Å². The Balaban J connectivity index is 2.27. The third-order valence-electron chi connectivity index (χ3n) is 3.36. The number of carbonyl (C=O) groups is 1. The molecule has 1 rings (SSSR count). The zero-order valence-electron chi connectivity index (χ0n) is 12.9. The average Bonchev–Trinajstić information content (AvgIpc) is 2.48. The van der Waals surface area contributed by atoms with Crippen LogP contribution in [0.5, 0.6) is 0 Å². The Labute approximate surface area is 122 Å². The van der Waals surface area contributed by atoms with E-state index in [2.05, 4.69) is 46.7 Å². The molecule has 4 nitrogen and oxygen atoms in total. The molecule has 0 aromatic heterocycles. The van der Waals surface area contributed by atoms with E-state index in [9.17, 15) is 4.79 Å². The highest BCUT2D eigenvalue weighted by Crippen LogP contribution is 2.12. The molecular formula is C16H27N3O. The summed E-state index contributed by atoms with van der Waals surface area (Å²) in [4.78, 5) is 14.1. The molecule has 1 atom stereocenters. The van der Waals surface area contributed by atoms with Crippen LogP contribution in [0.25, 0.3) is 0 Å². The number of nitrogens with zero attached hydrogens (tertiary/aromatic N) is 1. The molecule has 1 amide bonds. The molecule has 20 heavy (non-hydrogen) atoms. The minimum atomic E-state index is 0.0244. The van der Waals surface area contributed by atoms with Crippen molar-refractivity contribution in [2.75, 3.05) is 38.1 Å². The highest BCUT2D eigenvalue weighted by Gasteiger charge is 2.10. The van der Waals surface area contributed by atoms with Gasteiger partial charge in [-0.3, -0.25) is 4.79 Å². The molecule has 0 aliphatic heterocycles. The molecule has 0 saturated carbocycles. The van der Waals surface area contributed by atoms with Crippen LogP contribution in [0.15, 0.2) is 30.3 Å². The summed E-state index contributed by atoms with van der Waals surface area (Å²) in [5, 5.41) is 6.01. The van der Waals surface area contributed by atoms with Gasteiger partial charge in [-0.2, -0.15) is 0 Å². The summed E-state index contributed by atoms with van der Waals surface area (Å²) in [6.07, 6.45) is 0.959. The number of rotatable bonds is 9. The summed E-state index contributed by atoms with van der Waals surface area (Å²) >= 11 is 0. The second-order valence-electron chi connectivity index (χ2n) is 5.02. The maximum absolute atomic E-state index is 11.8. The number of hydrogen-bond donors (Lipinski definition) is 2. The van der Waals surface area contributed by atoms with Crippen LogP contribution >= 0.6 is 0 Å². The first-order valence-electron chi connectivity index (χ1n) is 7.41. The van der Waals surface area contributed by atoms with E-state index in [1.807, 2.05) is 20.0 Å². The topological polar surface area (TPSA) is 44.4 Å². The molecule has 0 radical (unpaired) electrons. The lowest BCUT2D eigenvalue weighted by Gasteiger charge is -2.23. The molecule has 0 bridgehead atoms. The zero-order valence-corrected chi connectivity index (χ0v) is 12.9. The molecule has 1 aromatic rings. The van der Waals surface area contributed by atoms with Crippen molar-refractivity contribution >= 4 is 11.6 Å². The van der Waals surface area contributed by atoms with Crippen molar-refractivity contribution < 1.29 is 4.79 Å². The van der Waals surface area contributed by atoms with Gasteiger partial charge in [0.25, 0.3) is 0 Å².